The Morgan fingerprint density at radius 2 is 2.00 bits per heavy atom. The highest BCUT2D eigenvalue weighted by Crippen LogP contribution is 2.16. The quantitative estimate of drug-likeness (QED) is 0.832. The molecule has 1 amide bonds. The summed E-state index contributed by atoms with van der Waals surface area (Å²) in [6, 6.07) is 11.6. The van der Waals surface area contributed by atoms with Gasteiger partial charge in [0.25, 0.3) is 0 Å². The van der Waals surface area contributed by atoms with E-state index in [1.807, 2.05) is 31.2 Å². The summed E-state index contributed by atoms with van der Waals surface area (Å²) in [5.74, 6) is -0.662. The third kappa shape index (κ3) is 3.55. The lowest BCUT2D eigenvalue weighted by atomic mass is 10.1. The maximum absolute atomic E-state index is 13.1. The predicted molar refractivity (Wildman–Crippen MR) is 74.3 cm³/mol. The van der Waals surface area contributed by atoms with Gasteiger partial charge in [0.2, 0.25) is 5.91 Å². The number of amides is 1. The molecule has 4 heteroatoms. The van der Waals surface area contributed by atoms with Crippen LogP contribution < -0.4 is 11.1 Å². The Hall–Kier alpha value is -2.36. The van der Waals surface area contributed by atoms with Crippen LogP contribution in [0.15, 0.2) is 42.5 Å². The number of anilines is 2. The summed E-state index contributed by atoms with van der Waals surface area (Å²) in [4.78, 5) is 11.9. The molecule has 0 unspecified atom stereocenters. The third-order valence-corrected chi connectivity index (χ3v) is 2.82. The molecule has 19 heavy (non-hydrogen) atoms. The maximum Gasteiger partial charge on any atom is 0.228 e. The second kappa shape index (κ2) is 5.52. The third-order valence-electron chi connectivity index (χ3n) is 2.82. The van der Waals surface area contributed by atoms with Gasteiger partial charge in [-0.05, 0) is 36.2 Å². The predicted octanol–water partition coefficient (Wildman–Crippen LogP) is 2.90. The van der Waals surface area contributed by atoms with Gasteiger partial charge >= 0.3 is 0 Å². The van der Waals surface area contributed by atoms with E-state index in [0.717, 1.165) is 11.1 Å². The zero-order valence-electron chi connectivity index (χ0n) is 10.6. The van der Waals surface area contributed by atoms with Crippen LogP contribution in [0.1, 0.15) is 11.1 Å². The lowest BCUT2D eigenvalue weighted by Gasteiger charge is -2.08. The van der Waals surface area contributed by atoms with Crippen molar-refractivity contribution < 1.29 is 9.18 Å². The van der Waals surface area contributed by atoms with E-state index in [1.54, 1.807) is 0 Å². The van der Waals surface area contributed by atoms with E-state index in [1.165, 1.54) is 18.2 Å². The van der Waals surface area contributed by atoms with E-state index in [-0.39, 0.29) is 18.0 Å². The number of carbonyl (C=O) groups excluding carboxylic acids is 1. The van der Waals surface area contributed by atoms with E-state index >= 15 is 0 Å². The number of nitrogen functional groups attached to an aromatic ring is 1. The first-order valence-electron chi connectivity index (χ1n) is 5.95. The van der Waals surface area contributed by atoms with Crippen LogP contribution in [0.25, 0.3) is 0 Å². The molecular weight excluding hydrogens is 243 g/mol. The van der Waals surface area contributed by atoms with Gasteiger partial charge < -0.3 is 11.1 Å². The Morgan fingerprint density at radius 3 is 2.68 bits per heavy atom. The van der Waals surface area contributed by atoms with E-state index in [2.05, 4.69) is 5.32 Å². The van der Waals surface area contributed by atoms with Crippen molar-refractivity contribution >= 4 is 17.3 Å². The summed E-state index contributed by atoms with van der Waals surface area (Å²) >= 11 is 0. The number of benzene rings is 2. The minimum absolute atomic E-state index is 0.195. The molecule has 0 atom stereocenters. The lowest BCUT2D eigenvalue weighted by Crippen LogP contribution is -2.15. The van der Waals surface area contributed by atoms with Crippen molar-refractivity contribution in [2.24, 2.45) is 0 Å². The molecule has 2 rings (SSSR count). The highest BCUT2D eigenvalue weighted by Gasteiger charge is 2.07. The second-order valence-electron chi connectivity index (χ2n) is 4.42. The number of aryl methyl sites for hydroxylation is 1. The van der Waals surface area contributed by atoms with Gasteiger partial charge in [0, 0.05) is 11.4 Å². The standard InChI is InChI=1S/C15H15FN2O/c1-10-4-2-3-5-11(10)6-15(19)18-14-8-12(16)7-13(17)9-14/h2-5,7-9H,6,17H2,1H3,(H,18,19). The fourth-order valence-corrected chi connectivity index (χ4v) is 1.87. The molecule has 0 heterocycles. The normalized spacial score (nSPS) is 10.2. The second-order valence-corrected chi connectivity index (χ2v) is 4.42. The summed E-state index contributed by atoms with van der Waals surface area (Å²) in [5.41, 5.74) is 8.18. The summed E-state index contributed by atoms with van der Waals surface area (Å²) in [7, 11) is 0. The van der Waals surface area contributed by atoms with E-state index in [9.17, 15) is 9.18 Å². The first-order valence-corrected chi connectivity index (χ1v) is 5.95. The number of hydrogen-bond acceptors (Lipinski definition) is 2. The van der Waals surface area contributed by atoms with Gasteiger partial charge in [0.1, 0.15) is 5.82 Å². The number of hydrogen-bond donors (Lipinski definition) is 2. The highest BCUT2D eigenvalue weighted by molar-refractivity contribution is 5.92. The molecule has 3 nitrogen and oxygen atoms in total. The van der Waals surface area contributed by atoms with Crippen LogP contribution in [0.2, 0.25) is 0 Å². The molecule has 3 N–H and O–H groups in total. The Balaban J connectivity index is 2.07. The zero-order valence-corrected chi connectivity index (χ0v) is 10.6. The van der Waals surface area contributed by atoms with E-state index in [4.69, 9.17) is 5.73 Å². The molecule has 2 aromatic carbocycles. The zero-order chi connectivity index (χ0) is 13.8. The number of nitrogens with one attached hydrogen (secondary N) is 1. The topological polar surface area (TPSA) is 55.1 Å². The summed E-state index contributed by atoms with van der Waals surface area (Å²) in [6.07, 6.45) is 0.253. The molecule has 0 aromatic heterocycles. The molecule has 0 aliphatic rings. The van der Waals surface area contributed by atoms with Gasteiger partial charge in [-0.2, -0.15) is 0 Å². The highest BCUT2D eigenvalue weighted by atomic mass is 19.1. The van der Waals surface area contributed by atoms with Crippen molar-refractivity contribution in [1.29, 1.82) is 0 Å². The van der Waals surface area contributed by atoms with Crippen LogP contribution in [0.3, 0.4) is 0 Å². The van der Waals surface area contributed by atoms with E-state index in [0.29, 0.717) is 5.69 Å². The first kappa shape index (κ1) is 13.1. The molecule has 2 aromatic rings. The van der Waals surface area contributed by atoms with Gasteiger partial charge in [-0.15, -0.1) is 0 Å². The van der Waals surface area contributed by atoms with Crippen LogP contribution in [0.4, 0.5) is 15.8 Å². The fraction of sp³-hybridized carbons (Fsp3) is 0.133. The van der Waals surface area contributed by atoms with Crippen LogP contribution in [0, 0.1) is 12.7 Å². The summed E-state index contributed by atoms with van der Waals surface area (Å²) < 4.78 is 13.1. The Morgan fingerprint density at radius 1 is 1.26 bits per heavy atom. The van der Waals surface area contributed by atoms with Crippen LogP contribution >= 0.6 is 0 Å². The Labute approximate surface area is 111 Å². The van der Waals surface area contributed by atoms with Crippen molar-refractivity contribution in [2.45, 2.75) is 13.3 Å². The van der Waals surface area contributed by atoms with Crippen molar-refractivity contribution in [1.82, 2.24) is 0 Å². The SMILES string of the molecule is Cc1ccccc1CC(=O)Nc1cc(N)cc(F)c1. The van der Waals surface area contributed by atoms with Crippen molar-refractivity contribution in [2.75, 3.05) is 11.1 Å². The lowest BCUT2D eigenvalue weighted by molar-refractivity contribution is -0.115. The van der Waals surface area contributed by atoms with Gasteiger partial charge in [0.15, 0.2) is 0 Å². The molecule has 0 spiro atoms. The Bertz CT molecular complexity index is 591. The fourth-order valence-electron chi connectivity index (χ4n) is 1.87. The molecule has 0 aliphatic heterocycles. The van der Waals surface area contributed by atoms with Crippen LogP contribution in [-0.2, 0) is 11.2 Å². The average molecular weight is 258 g/mol. The van der Waals surface area contributed by atoms with Gasteiger partial charge in [-0.3, -0.25) is 4.79 Å². The molecule has 0 aliphatic carbocycles. The molecule has 0 saturated carbocycles. The molecule has 0 radical (unpaired) electrons. The maximum atomic E-state index is 13.1. The minimum Gasteiger partial charge on any atom is -0.399 e. The summed E-state index contributed by atoms with van der Waals surface area (Å²) in [6.45, 7) is 1.95. The smallest absolute Gasteiger partial charge is 0.228 e. The number of carbonyl (C=O) groups is 1. The largest absolute Gasteiger partial charge is 0.399 e. The average Bonchev–Trinajstić information content (AvgIpc) is 2.30. The number of halogens is 1. The van der Waals surface area contributed by atoms with E-state index < -0.39 is 5.82 Å². The van der Waals surface area contributed by atoms with Crippen molar-refractivity contribution in [3.8, 4) is 0 Å². The van der Waals surface area contributed by atoms with Crippen molar-refractivity contribution in [3.05, 3.63) is 59.4 Å². The molecule has 0 saturated heterocycles. The van der Waals surface area contributed by atoms with Crippen LogP contribution in [0.5, 0.6) is 0 Å². The molecule has 98 valence electrons. The van der Waals surface area contributed by atoms with Gasteiger partial charge in [0.05, 0.1) is 6.42 Å². The van der Waals surface area contributed by atoms with Crippen molar-refractivity contribution in [3.63, 3.8) is 0 Å². The van der Waals surface area contributed by atoms with Crippen LogP contribution in [-0.4, -0.2) is 5.91 Å². The Kier molecular flexibility index (Phi) is 3.80. The van der Waals surface area contributed by atoms with Gasteiger partial charge in [-0.1, -0.05) is 24.3 Å². The number of nitrogens with two attached hydrogens (primary N) is 1. The van der Waals surface area contributed by atoms with Gasteiger partial charge in [-0.25, -0.2) is 4.39 Å². The summed E-state index contributed by atoms with van der Waals surface area (Å²) in [5, 5.41) is 2.64. The monoisotopic (exact) mass is 258 g/mol. The molecular formula is C15H15FN2O. The first-order chi connectivity index (χ1) is 9.04. The molecule has 0 bridgehead atoms. The number of rotatable bonds is 3. The molecule has 0 fully saturated rings. The minimum atomic E-state index is -0.466.